The molecule has 1 heterocycles. The molecular weight excluding hydrogens is 216 g/mol. The van der Waals surface area contributed by atoms with E-state index in [9.17, 15) is 5.11 Å². The third-order valence-corrected chi connectivity index (χ3v) is 2.27. The molecule has 0 aromatic heterocycles. The van der Waals surface area contributed by atoms with E-state index in [1.165, 1.54) is 0 Å². The highest BCUT2D eigenvalue weighted by molar-refractivity contribution is 5.56. The molecule has 2 rings (SSSR count). The lowest BCUT2D eigenvalue weighted by Crippen LogP contribution is -2.23. The molecule has 0 spiro atoms. The van der Waals surface area contributed by atoms with Crippen molar-refractivity contribution in [2.24, 2.45) is 5.41 Å². The van der Waals surface area contributed by atoms with Crippen LogP contribution in [0.3, 0.4) is 0 Å². The van der Waals surface area contributed by atoms with E-state index in [0.29, 0.717) is 0 Å². The van der Waals surface area contributed by atoms with E-state index in [2.05, 4.69) is 0 Å². The predicted molar refractivity (Wildman–Crippen MR) is 67.1 cm³/mol. The highest BCUT2D eigenvalue weighted by Gasteiger charge is 2.19. The summed E-state index contributed by atoms with van der Waals surface area (Å²) >= 11 is 0. The molecule has 0 aliphatic carbocycles. The van der Waals surface area contributed by atoms with Crippen LogP contribution < -0.4 is 9.47 Å². The van der Waals surface area contributed by atoms with Gasteiger partial charge in [-0.05, 0) is 23.1 Å². The largest absolute Gasteiger partial charge is 0.454 e. The van der Waals surface area contributed by atoms with Crippen LogP contribution in [-0.2, 0) is 0 Å². The smallest absolute Gasteiger partial charge is 0.231 e. The summed E-state index contributed by atoms with van der Waals surface area (Å²) < 4.78 is 50.0. The van der Waals surface area contributed by atoms with Gasteiger partial charge in [-0.25, -0.2) is 0 Å². The van der Waals surface area contributed by atoms with Crippen molar-refractivity contribution in [3.8, 4) is 11.5 Å². The Labute approximate surface area is 109 Å². The zero-order valence-electron chi connectivity index (χ0n) is 15.0. The van der Waals surface area contributed by atoms with E-state index in [-0.39, 0.29) is 48.0 Å². The first-order valence-corrected chi connectivity index (χ1v) is 5.29. The minimum atomic E-state index is -2.05. The Kier molecular flexibility index (Phi) is 1.83. The molecule has 0 fully saturated rings. The van der Waals surface area contributed by atoms with Crippen LogP contribution in [0.5, 0.6) is 11.5 Å². The van der Waals surface area contributed by atoms with Gasteiger partial charge in [0.25, 0.3) is 0 Å². The van der Waals surface area contributed by atoms with Crippen LogP contribution in [0, 0.1) is 5.41 Å². The molecule has 1 aromatic rings. The number of hydrogen-bond acceptors (Lipinski definition) is 3. The number of rotatable bonds is 2. The Hall–Kier alpha value is -1.48. The number of benzene rings is 1. The van der Waals surface area contributed by atoms with Crippen molar-refractivity contribution in [3.63, 3.8) is 0 Å². The monoisotopic (exact) mass is 239 g/mol. The van der Waals surface area contributed by atoms with E-state index < -0.39 is 11.5 Å². The van der Waals surface area contributed by atoms with Gasteiger partial charge in [0.1, 0.15) is 0 Å². The minimum absolute atomic E-state index is 0.0124. The number of hydrogen-bond donors (Lipinski definition) is 1. The fraction of sp³-hybridized carbons (Fsp3) is 0.429. The molecule has 1 aromatic carbocycles. The minimum Gasteiger partial charge on any atom is -0.454 e. The number of fused-ring (bicyclic) bond motifs is 1. The standard InChI is InChI=1S/C14H18O3/c1-14(2,3)13(15)7-5-10-4-6-11-12(8-10)17-9-16-11/h4-8,13,15H,9H2,1-3H3/b7-5+/i4D,5D,6D,8D,13D. The first-order chi connectivity index (χ1) is 9.97. The summed E-state index contributed by atoms with van der Waals surface area (Å²) in [5.41, 5.74) is -1.02. The molecule has 0 radical (unpaired) electrons. The van der Waals surface area contributed by atoms with Crippen LogP contribution in [0.4, 0.5) is 0 Å². The van der Waals surface area contributed by atoms with Crippen LogP contribution >= 0.6 is 0 Å². The van der Waals surface area contributed by atoms with Crippen molar-refractivity contribution in [2.45, 2.75) is 26.9 Å². The van der Waals surface area contributed by atoms with Crippen molar-refractivity contribution >= 4 is 6.05 Å². The molecule has 0 saturated heterocycles. The number of aliphatic hydroxyl groups is 1. The van der Waals surface area contributed by atoms with E-state index in [4.69, 9.17) is 16.3 Å². The Bertz CT molecular complexity index is 647. The summed E-state index contributed by atoms with van der Waals surface area (Å²) in [6.45, 7) is 4.78. The van der Waals surface area contributed by atoms with Crippen molar-refractivity contribution in [1.29, 1.82) is 0 Å². The van der Waals surface area contributed by atoms with E-state index in [1.54, 1.807) is 20.8 Å². The third kappa shape index (κ3) is 2.80. The lowest BCUT2D eigenvalue weighted by molar-refractivity contribution is 0.106. The van der Waals surface area contributed by atoms with Crippen molar-refractivity contribution < 1.29 is 21.4 Å². The molecule has 3 heteroatoms. The third-order valence-electron chi connectivity index (χ3n) is 2.27. The normalized spacial score (nSPS) is 23.1. The van der Waals surface area contributed by atoms with E-state index in [1.807, 2.05) is 0 Å². The summed E-state index contributed by atoms with van der Waals surface area (Å²) in [4.78, 5) is 0. The molecule has 92 valence electrons. The maximum atomic E-state index is 10.2. The fourth-order valence-electron chi connectivity index (χ4n) is 1.16. The molecule has 1 aliphatic heterocycles. The zero-order chi connectivity index (χ0) is 16.9. The van der Waals surface area contributed by atoms with Gasteiger partial charge in [-0.15, -0.1) is 0 Å². The van der Waals surface area contributed by atoms with Gasteiger partial charge in [-0.1, -0.05) is 38.9 Å². The maximum absolute atomic E-state index is 10.2. The second-order valence-electron chi connectivity index (χ2n) is 4.74. The highest BCUT2D eigenvalue weighted by Crippen LogP contribution is 2.33. The van der Waals surface area contributed by atoms with Gasteiger partial charge < -0.3 is 14.6 Å². The first kappa shape index (κ1) is 7.07. The van der Waals surface area contributed by atoms with Gasteiger partial charge in [0, 0.05) is 0 Å². The van der Waals surface area contributed by atoms with Crippen LogP contribution in [0.15, 0.2) is 24.2 Å². The maximum Gasteiger partial charge on any atom is 0.231 e. The van der Waals surface area contributed by atoms with Gasteiger partial charge in [0.05, 0.1) is 12.9 Å². The molecule has 3 nitrogen and oxygen atoms in total. The Morgan fingerprint density at radius 1 is 1.47 bits per heavy atom. The summed E-state index contributed by atoms with van der Waals surface area (Å²) in [6, 6.07) is -1.25. The van der Waals surface area contributed by atoms with Crippen molar-refractivity contribution in [3.05, 3.63) is 29.8 Å². The van der Waals surface area contributed by atoms with Gasteiger partial charge in [0.15, 0.2) is 11.5 Å². The molecule has 1 atom stereocenters. The summed E-state index contributed by atoms with van der Waals surface area (Å²) in [5, 5.41) is 10.2. The van der Waals surface area contributed by atoms with Gasteiger partial charge in [-0.2, -0.15) is 0 Å². The molecular formula is C14H18O3. The second kappa shape index (κ2) is 4.41. The topological polar surface area (TPSA) is 38.7 Å². The van der Waals surface area contributed by atoms with E-state index in [0.717, 1.165) is 6.08 Å². The SMILES string of the molecule is [2H]/C(=C\C([2H])(O)C(C)(C)C)c1c([2H])c([2H])c2c(c1[2H])OCO2. The lowest BCUT2D eigenvalue weighted by atomic mass is 9.89. The predicted octanol–water partition coefficient (Wildman–Crippen LogP) is 2.84. The van der Waals surface area contributed by atoms with Crippen LogP contribution in [0.2, 0.25) is 0 Å². The molecule has 1 N–H and O–H groups in total. The molecule has 0 saturated carbocycles. The fourth-order valence-corrected chi connectivity index (χ4v) is 1.16. The van der Waals surface area contributed by atoms with Crippen LogP contribution in [0.1, 0.15) is 33.2 Å². The molecule has 0 bridgehead atoms. The first-order valence-electron chi connectivity index (χ1n) is 7.79. The number of ether oxygens (including phenoxy) is 2. The lowest BCUT2D eigenvalue weighted by Gasteiger charge is -2.22. The summed E-state index contributed by atoms with van der Waals surface area (Å²) in [5.74, 6) is 0.0296. The van der Waals surface area contributed by atoms with E-state index >= 15 is 0 Å². The molecule has 1 aliphatic rings. The van der Waals surface area contributed by atoms with Gasteiger partial charge in [-0.3, -0.25) is 0 Å². The molecule has 17 heavy (non-hydrogen) atoms. The van der Waals surface area contributed by atoms with Crippen LogP contribution in [-0.4, -0.2) is 18.0 Å². The average Bonchev–Trinajstić information content (AvgIpc) is 2.83. The zero-order valence-corrected chi connectivity index (χ0v) is 10.0. The molecule has 0 amide bonds. The van der Waals surface area contributed by atoms with Crippen LogP contribution in [0.25, 0.3) is 6.05 Å². The highest BCUT2D eigenvalue weighted by atomic mass is 16.7. The Morgan fingerprint density at radius 2 is 2.18 bits per heavy atom. The van der Waals surface area contributed by atoms with Crippen molar-refractivity contribution in [1.82, 2.24) is 0 Å². The summed E-state index contributed by atoms with van der Waals surface area (Å²) in [6.07, 6.45) is -1.08. The molecule has 1 unspecified atom stereocenters. The second-order valence-corrected chi connectivity index (χ2v) is 4.74. The Balaban J connectivity index is 2.61. The summed E-state index contributed by atoms with van der Waals surface area (Å²) in [7, 11) is 0. The Morgan fingerprint density at radius 3 is 2.88 bits per heavy atom. The van der Waals surface area contributed by atoms with Gasteiger partial charge >= 0.3 is 0 Å². The quantitative estimate of drug-likeness (QED) is 0.862. The average molecular weight is 239 g/mol. The van der Waals surface area contributed by atoms with Crippen molar-refractivity contribution in [2.75, 3.05) is 6.79 Å². The van der Waals surface area contributed by atoms with Gasteiger partial charge in [0.2, 0.25) is 6.79 Å².